The van der Waals surface area contributed by atoms with Crippen molar-refractivity contribution in [3.05, 3.63) is 35.9 Å². The molecule has 1 aliphatic rings. The van der Waals surface area contributed by atoms with Crippen LogP contribution in [0.3, 0.4) is 0 Å². The number of aliphatic hydroxyl groups excluding tert-OH is 1. The van der Waals surface area contributed by atoms with E-state index < -0.39 is 0 Å². The minimum Gasteiger partial charge on any atom is -0.393 e. The van der Waals surface area contributed by atoms with Crippen LogP contribution in [0.25, 0.3) is 0 Å². The Balaban J connectivity index is 2.16. The largest absolute Gasteiger partial charge is 0.393 e. The van der Waals surface area contributed by atoms with Crippen molar-refractivity contribution in [1.82, 2.24) is 0 Å². The summed E-state index contributed by atoms with van der Waals surface area (Å²) in [6.45, 7) is 1.90. The van der Waals surface area contributed by atoms with E-state index in [2.05, 4.69) is 30.3 Å². The van der Waals surface area contributed by atoms with Crippen LogP contribution in [0, 0.1) is 0 Å². The molecule has 88 valence electrons. The Morgan fingerprint density at radius 2 is 1.81 bits per heavy atom. The van der Waals surface area contributed by atoms with Gasteiger partial charge in [0.1, 0.15) is 0 Å². The van der Waals surface area contributed by atoms with Crippen molar-refractivity contribution >= 4 is 0 Å². The summed E-state index contributed by atoms with van der Waals surface area (Å²) in [7, 11) is 0. The summed E-state index contributed by atoms with van der Waals surface area (Å²) in [6.07, 6.45) is 7.17. The van der Waals surface area contributed by atoms with Gasteiger partial charge in [-0.3, -0.25) is 0 Å². The molecular formula is C15H22O. The normalized spacial score (nSPS) is 20.9. The fourth-order valence-electron chi connectivity index (χ4n) is 3.01. The molecule has 1 heteroatoms. The van der Waals surface area contributed by atoms with E-state index in [0.717, 1.165) is 12.8 Å². The molecule has 0 spiro atoms. The smallest absolute Gasteiger partial charge is 0.0512 e. The summed E-state index contributed by atoms with van der Waals surface area (Å²) >= 11 is 0. The van der Waals surface area contributed by atoms with E-state index in [0.29, 0.717) is 5.41 Å². The topological polar surface area (TPSA) is 20.2 Å². The first-order valence-corrected chi connectivity index (χ1v) is 6.47. The van der Waals surface area contributed by atoms with Gasteiger partial charge in [0.15, 0.2) is 0 Å². The van der Waals surface area contributed by atoms with Gasteiger partial charge >= 0.3 is 0 Å². The molecule has 1 fully saturated rings. The minimum atomic E-state index is -0.166. The Morgan fingerprint density at radius 1 is 1.19 bits per heavy atom. The first kappa shape index (κ1) is 11.7. The first-order valence-electron chi connectivity index (χ1n) is 6.47. The highest BCUT2D eigenvalue weighted by Gasteiger charge is 2.34. The Hall–Kier alpha value is -0.820. The second-order valence-electron chi connectivity index (χ2n) is 5.24. The van der Waals surface area contributed by atoms with Crippen molar-refractivity contribution in [3.8, 4) is 0 Å². The fraction of sp³-hybridized carbons (Fsp3) is 0.600. The molecule has 1 atom stereocenters. The van der Waals surface area contributed by atoms with E-state index in [1.807, 2.05) is 6.92 Å². The van der Waals surface area contributed by atoms with Gasteiger partial charge in [-0.15, -0.1) is 0 Å². The van der Waals surface area contributed by atoms with Crippen LogP contribution < -0.4 is 0 Å². The first-order chi connectivity index (χ1) is 7.73. The van der Waals surface area contributed by atoms with Gasteiger partial charge in [-0.2, -0.15) is 0 Å². The average molecular weight is 218 g/mol. The van der Waals surface area contributed by atoms with Crippen LogP contribution >= 0.6 is 0 Å². The molecule has 1 nitrogen and oxygen atoms in total. The number of hydrogen-bond donors (Lipinski definition) is 1. The molecule has 0 bridgehead atoms. The summed E-state index contributed by atoms with van der Waals surface area (Å²) in [5, 5.41) is 9.47. The van der Waals surface area contributed by atoms with Gasteiger partial charge in [-0.25, -0.2) is 0 Å². The predicted molar refractivity (Wildman–Crippen MR) is 67.5 cm³/mol. The second-order valence-corrected chi connectivity index (χ2v) is 5.24. The predicted octanol–water partition coefficient (Wildman–Crippen LogP) is 3.66. The zero-order chi connectivity index (χ0) is 11.4. The number of benzene rings is 1. The lowest BCUT2D eigenvalue weighted by molar-refractivity contribution is 0.168. The van der Waals surface area contributed by atoms with Crippen LogP contribution in [0.5, 0.6) is 0 Å². The molecule has 0 aromatic heterocycles. The fourth-order valence-corrected chi connectivity index (χ4v) is 3.01. The van der Waals surface area contributed by atoms with E-state index in [-0.39, 0.29) is 6.10 Å². The lowest BCUT2D eigenvalue weighted by Gasteiger charge is -2.30. The Kier molecular flexibility index (Phi) is 3.65. The van der Waals surface area contributed by atoms with Crippen molar-refractivity contribution in [2.24, 2.45) is 0 Å². The molecule has 1 saturated carbocycles. The molecule has 1 aliphatic carbocycles. The summed E-state index contributed by atoms with van der Waals surface area (Å²) in [4.78, 5) is 0. The quantitative estimate of drug-likeness (QED) is 0.817. The second kappa shape index (κ2) is 5.01. The number of rotatable bonds is 4. The van der Waals surface area contributed by atoms with Crippen molar-refractivity contribution in [1.29, 1.82) is 0 Å². The van der Waals surface area contributed by atoms with Crippen molar-refractivity contribution in [2.45, 2.75) is 57.0 Å². The highest BCUT2D eigenvalue weighted by Crippen LogP contribution is 2.44. The van der Waals surface area contributed by atoms with Crippen LogP contribution in [-0.2, 0) is 5.41 Å². The Morgan fingerprint density at radius 3 is 2.38 bits per heavy atom. The van der Waals surface area contributed by atoms with Crippen LogP contribution in [0.2, 0.25) is 0 Å². The molecule has 1 N–H and O–H groups in total. The molecule has 2 rings (SSSR count). The third kappa shape index (κ3) is 2.46. The van der Waals surface area contributed by atoms with Gasteiger partial charge in [0.25, 0.3) is 0 Å². The molecule has 1 aromatic rings. The van der Waals surface area contributed by atoms with Gasteiger partial charge in [0.05, 0.1) is 6.10 Å². The monoisotopic (exact) mass is 218 g/mol. The molecule has 1 unspecified atom stereocenters. The maximum atomic E-state index is 9.47. The highest BCUT2D eigenvalue weighted by molar-refractivity contribution is 5.26. The Labute approximate surface area is 98.5 Å². The third-order valence-corrected chi connectivity index (χ3v) is 3.99. The van der Waals surface area contributed by atoms with Gasteiger partial charge in [-0.1, -0.05) is 43.2 Å². The van der Waals surface area contributed by atoms with Gasteiger partial charge in [0.2, 0.25) is 0 Å². The SMILES string of the molecule is CC(O)CCC1(c2ccccc2)CCCC1. The molecular weight excluding hydrogens is 196 g/mol. The van der Waals surface area contributed by atoms with Crippen molar-refractivity contribution in [2.75, 3.05) is 0 Å². The maximum Gasteiger partial charge on any atom is 0.0512 e. The molecule has 0 saturated heterocycles. The van der Waals surface area contributed by atoms with Crippen LogP contribution in [0.4, 0.5) is 0 Å². The number of aliphatic hydroxyl groups is 1. The van der Waals surface area contributed by atoms with Crippen LogP contribution in [0.1, 0.15) is 51.0 Å². The van der Waals surface area contributed by atoms with E-state index >= 15 is 0 Å². The lowest BCUT2D eigenvalue weighted by Crippen LogP contribution is -2.23. The molecule has 0 amide bonds. The lowest BCUT2D eigenvalue weighted by atomic mass is 9.75. The van der Waals surface area contributed by atoms with E-state index in [4.69, 9.17) is 0 Å². The van der Waals surface area contributed by atoms with Crippen LogP contribution in [-0.4, -0.2) is 11.2 Å². The highest BCUT2D eigenvalue weighted by atomic mass is 16.3. The zero-order valence-electron chi connectivity index (χ0n) is 10.2. The summed E-state index contributed by atoms with van der Waals surface area (Å²) in [5.74, 6) is 0. The molecule has 0 aliphatic heterocycles. The molecule has 1 aromatic carbocycles. The van der Waals surface area contributed by atoms with Gasteiger partial charge in [0, 0.05) is 0 Å². The van der Waals surface area contributed by atoms with Gasteiger partial charge in [-0.05, 0) is 43.6 Å². The van der Waals surface area contributed by atoms with Crippen molar-refractivity contribution < 1.29 is 5.11 Å². The van der Waals surface area contributed by atoms with Gasteiger partial charge < -0.3 is 5.11 Å². The maximum absolute atomic E-state index is 9.47. The summed E-state index contributed by atoms with van der Waals surface area (Å²) < 4.78 is 0. The summed E-state index contributed by atoms with van der Waals surface area (Å²) in [6, 6.07) is 10.9. The minimum absolute atomic E-state index is 0.166. The molecule has 0 heterocycles. The standard InChI is InChI=1S/C15H22O/c1-13(16)9-12-15(10-5-6-11-15)14-7-3-2-4-8-14/h2-4,7-8,13,16H,5-6,9-12H2,1H3. The van der Waals surface area contributed by atoms with Crippen molar-refractivity contribution in [3.63, 3.8) is 0 Å². The zero-order valence-corrected chi connectivity index (χ0v) is 10.2. The summed E-state index contributed by atoms with van der Waals surface area (Å²) in [5.41, 5.74) is 1.84. The van der Waals surface area contributed by atoms with E-state index in [1.54, 1.807) is 0 Å². The number of hydrogen-bond acceptors (Lipinski definition) is 1. The van der Waals surface area contributed by atoms with Crippen LogP contribution in [0.15, 0.2) is 30.3 Å². The average Bonchev–Trinajstić information content (AvgIpc) is 2.78. The third-order valence-electron chi connectivity index (χ3n) is 3.99. The van der Waals surface area contributed by atoms with E-state index in [9.17, 15) is 5.11 Å². The van der Waals surface area contributed by atoms with E-state index in [1.165, 1.54) is 31.2 Å². The molecule has 16 heavy (non-hydrogen) atoms. The molecule has 0 radical (unpaired) electrons. The Bertz CT molecular complexity index is 309.